The number of nitrogens with one attached hydrogen (secondary N) is 1. The van der Waals surface area contributed by atoms with Gasteiger partial charge in [-0.2, -0.15) is 9.61 Å². The number of anilines is 1. The van der Waals surface area contributed by atoms with E-state index in [2.05, 4.69) is 22.4 Å². The highest BCUT2D eigenvalue weighted by Gasteiger charge is 2.05. The van der Waals surface area contributed by atoms with Crippen LogP contribution in [0.2, 0.25) is 0 Å². The van der Waals surface area contributed by atoms with E-state index in [1.807, 2.05) is 19.1 Å². The first-order valence-electron chi connectivity index (χ1n) is 4.57. The van der Waals surface area contributed by atoms with Gasteiger partial charge in [0.05, 0.1) is 5.69 Å². The van der Waals surface area contributed by atoms with Crippen LogP contribution in [0.3, 0.4) is 0 Å². The van der Waals surface area contributed by atoms with Crippen LogP contribution in [0.1, 0.15) is 18.3 Å². The predicted octanol–water partition coefficient (Wildman–Crippen LogP) is 0.886. The molecule has 0 aliphatic heterocycles. The number of nitrogen functional groups attached to an aromatic ring is 1. The lowest BCUT2D eigenvalue weighted by atomic mass is 10.3. The van der Waals surface area contributed by atoms with Crippen molar-refractivity contribution in [2.45, 2.75) is 20.3 Å². The normalized spacial score (nSPS) is 10.8. The first kappa shape index (κ1) is 8.96. The molecule has 0 aliphatic carbocycles. The molecule has 0 unspecified atom stereocenters. The first-order valence-corrected chi connectivity index (χ1v) is 4.57. The molecule has 14 heavy (non-hydrogen) atoms. The van der Waals surface area contributed by atoms with Crippen molar-refractivity contribution in [1.82, 2.24) is 14.6 Å². The van der Waals surface area contributed by atoms with Crippen molar-refractivity contribution >= 4 is 11.5 Å². The van der Waals surface area contributed by atoms with Gasteiger partial charge in [-0.15, -0.1) is 0 Å². The zero-order valence-corrected chi connectivity index (χ0v) is 8.28. The topological polar surface area (TPSA) is 68.2 Å². The number of rotatable bonds is 2. The maximum absolute atomic E-state index is 5.41. The van der Waals surface area contributed by atoms with E-state index in [0.717, 1.165) is 29.3 Å². The minimum Gasteiger partial charge on any atom is -0.308 e. The molecule has 0 saturated heterocycles. The Bertz CT molecular complexity index is 459. The lowest BCUT2D eigenvalue weighted by Gasteiger charge is -2.04. The number of hydrogen-bond donors (Lipinski definition) is 2. The second-order valence-corrected chi connectivity index (χ2v) is 3.19. The lowest BCUT2D eigenvalue weighted by molar-refractivity contribution is 0.896. The Morgan fingerprint density at radius 3 is 2.93 bits per heavy atom. The number of nitrogens with two attached hydrogens (primary N) is 1. The second-order valence-electron chi connectivity index (χ2n) is 3.19. The van der Waals surface area contributed by atoms with Crippen molar-refractivity contribution in [3.8, 4) is 0 Å². The van der Waals surface area contributed by atoms with Crippen LogP contribution in [-0.4, -0.2) is 14.6 Å². The standard InChI is InChI=1S/C9H13N5/c1-3-7-5-9(12-10)14-8(11-7)4-6(2)13-14/h4-5,12H,3,10H2,1-2H3. The maximum Gasteiger partial charge on any atom is 0.157 e. The van der Waals surface area contributed by atoms with Gasteiger partial charge >= 0.3 is 0 Å². The van der Waals surface area contributed by atoms with Gasteiger partial charge in [-0.25, -0.2) is 10.8 Å². The van der Waals surface area contributed by atoms with Gasteiger partial charge in [0.2, 0.25) is 0 Å². The number of fused-ring (bicyclic) bond motifs is 1. The molecule has 2 heterocycles. The van der Waals surface area contributed by atoms with Crippen molar-refractivity contribution in [2.24, 2.45) is 5.84 Å². The van der Waals surface area contributed by atoms with Gasteiger partial charge in [-0.3, -0.25) is 0 Å². The molecule has 0 amide bonds. The van der Waals surface area contributed by atoms with Crippen LogP contribution in [0.4, 0.5) is 5.82 Å². The summed E-state index contributed by atoms with van der Waals surface area (Å²) in [5.41, 5.74) is 5.38. The molecular formula is C9H13N5. The van der Waals surface area contributed by atoms with Crippen LogP contribution >= 0.6 is 0 Å². The Morgan fingerprint density at radius 1 is 1.50 bits per heavy atom. The molecule has 0 aliphatic rings. The summed E-state index contributed by atoms with van der Waals surface area (Å²) in [5, 5.41) is 4.27. The van der Waals surface area contributed by atoms with E-state index in [0.29, 0.717) is 0 Å². The maximum atomic E-state index is 5.41. The van der Waals surface area contributed by atoms with Crippen LogP contribution < -0.4 is 11.3 Å². The Kier molecular flexibility index (Phi) is 2.09. The van der Waals surface area contributed by atoms with Gasteiger partial charge in [0.25, 0.3) is 0 Å². The summed E-state index contributed by atoms with van der Waals surface area (Å²) < 4.78 is 1.70. The molecule has 2 rings (SSSR count). The molecular weight excluding hydrogens is 178 g/mol. The largest absolute Gasteiger partial charge is 0.308 e. The molecule has 0 spiro atoms. The van der Waals surface area contributed by atoms with Gasteiger partial charge in [0.15, 0.2) is 5.65 Å². The fraction of sp³-hybridized carbons (Fsp3) is 0.333. The predicted molar refractivity (Wildman–Crippen MR) is 54.9 cm³/mol. The van der Waals surface area contributed by atoms with Gasteiger partial charge in [0, 0.05) is 17.8 Å². The molecule has 0 bridgehead atoms. The van der Waals surface area contributed by atoms with E-state index in [-0.39, 0.29) is 0 Å². The molecule has 5 heteroatoms. The van der Waals surface area contributed by atoms with E-state index in [1.54, 1.807) is 4.52 Å². The summed E-state index contributed by atoms with van der Waals surface area (Å²) in [7, 11) is 0. The van der Waals surface area contributed by atoms with Crippen LogP contribution in [0.5, 0.6) is 0 Å². The minimum absolute atomic E-state index is 0.764. The molecule has 0 atom stereocenters. The molecule has 0 aromatic carbocycles. The van der Waals surface area contributed by atoms with Crippen LogP contribution in [0.15, 0.2) is 12.1 Å². The number of nitrogens with zero attached hydrogens (tertiary/aromatic N) is 3. The molecule has 2 aromatic rings. The molecule has 0 fully saturated rings. The number of hydrogen-bond acceptors (Lipinski definition) is 4. The van der Waals surface area contributed by atoms with Crippen molar-refractivity contribution in [3.05, 3.63) is 23.5 Å². The van der Waals surface area contributed by atoms with Crippen molar-refractivity contribution < 1.29 is 0 Å². The van der Waals surface area contributed by atoms with E-state index >= 15 is 0 Å². The zero-order chi connectivity index (χ0) is 10.1. The van der Waals surface area contributed by atoms with E-state index in [9.17, 15) is 0 Å². The SMILES string of the molecule is CCc1cc(NN)n2nc(C)cc2n1. The van der Waals surface area contributed by atoms with Gasteiger partial charge < -0.3 is 5.43 Å². The van der Waals surface area contributed by atoms with Crippen LogP contribution in [-0.2, 0) is 6.42 Å². The smallest absolute Gasteiger partial charge is 0.157 e. The minimum atomic E-state index is 0.764. The molecule has 5 nitrogen and oxygen atoms in total. The highest BCUT2D eigenvalue weighted by molar-refractivity contribution is 5.49. The third-order valence-electron chi connectivity index (χ3n) is 2.11. The Hall–Kier alpha value is -1.62. The Labute approximate surface area is 81.9 Å². The summed E-state index contributed by atoms with van der Waals surface area (Å²) in [6, 6.07) is 3.83. The summed E-state index contributed by atoms with van der Waals surface area (Å²) in [4.78, 5) is 4.43. The molecule has 3 N–H and O–H groups in total. The molecule has 0 saturated carbocycles. The number of hydrazine groups is 1. The Morgan fingerprint density at radius 2 is 2.29 bits per heavy atom. The second kappa shape index (κ2) is 3.26. The fourth-order valence-electron chi connectivity index (χ4n) is 1.43. The zero-order valence-electron chi connectivity index (χ0n) is 8.28. The Balaban J connectivity index is 2.72. The fourth-order valence-corrected chi connectivity index (χ4v) is 1.43. The third-order valence-corrected chi connectivity index (χ3v) is 2.11. The average Bonchev–Trinajstić information content (AvgIpc) is 2.56. The van der Waals surface area contributed by atoms with Crippen molar-refractivity contribution in [2.75, 3.05) is 5.43 Å². The van der Waals surface area contributed by atoms with Crippen LogP contribution in [0, 0.1) is 6.92 Å². The summed E-state index contributed by atoms with van der Waals surface area (Å²) >= 11 is 0. The number of aromatic nitrogens is 3. The third kappa shape index (κ3) is 1.31. The summed E-state index contributed by atoms with van der Waals surface area (Å²) in [6.45, 7) is 3.99. The first-order chi connectivity index (χ1) is 6.74. The van der Waals surface area contributed by atoms with Gasteiger partial charge in [-0.05, 0) is 13.3 Å². The van der Waals surface area contributed by atoms with E-state index in [1.165, 1.54) is 0 Å². The van der Waals surface area contributed by atoms with Gasteiger partial charge in [0.1, 0.15) is 5.82 Å². The monoisotopic (exact) mass is 191 g/mol. The lowest BCUT2D eigenvalue weighted by Crippen LogP contribution is -2.12. The van der Waals surface area contributed by atoms with Crippen molar-refractivity contribution in [3.63, 3.8) is 0 Å². The highest BCUT2D eigenvalue weighted by atomic mass is 15.4. The molecule has 2 aromatic heterocycles. The van der Waals surface area contributed by atoms with Crippen LogP contribution in [0.25, 0.3) is 5.65 Å². The average molecular weight is 191 g/mol. The molecule has 0 radical (unpaired) electrons. The van der Waals surface area contributed by atoms with E-state index < -0.39 is 0 Å². The quantitative estimate of drug-likeness (QED) is 0.546. The van der Waals surface area contributed by atoms with Gasteiger partial charge in [-0.1, -0.05) is 6.92 Å². The number of aryl methyl sites for hydroxylation is 2. The summed E-state index contributed by atoms with van der Waals surface area (Å²) in [5.74, 6) is 6.17. The van der Waals surface area contributed by atoms with Crippen molar-refractivity contribution in [1.29, 1.82) is 0 Å². The highest BCUT2D eigenvalue weighted by Crippen LogP contribution is 2.13. The summed E-state index contributed by atoms with van der Waals surface area (Å²) in [6.07, 6.45) is 0.884. The van der Waals surface area contributed by atoms with E-state index in [4.69, 9.17) is 5.84 Å². The molecule has 74 valence electrons.